The van der Waals surface area contributed by atoms with Crippen LogP contribution >= 0.6 is 11.8 Å². The molecule has 0 saturated heterocycles. The smallest absolute Gasteiger partial charge is 0.235 e. The van der Waals surface area contributed by atoms with Crippen molar-refractivity contribution in [3.63, 3.8) is 0 Å². The fourth-order valence-corrected chi connectivity index (χ4v) is 10.6. The lowest BCUT2D eigenvalue weighted by atomic mass is 9.67. The van der Waals surface area contributed by atoms with E-state index in [-0.39, 0.29) is 0 Å². The molecule has 12 rings (SSSR count). The van der Waals surface area contributed by atoms with Crippen LogP contribution in [0.1, 0.15) is 22.3 Å². The summed E-state index contributed by atoms with van der Waals surface area (Å²) >= 11 is 1.87. The van der Waals surface area contributed by atoms with E-state index in [4.69, 9.17) is 9.97 Å². The van der Waals surface area contributed by atoms with E-state index >= 15 is 0 Å². The maximum atomic E-state index is 5.38. The number of rotatable bonds is 3. The second-order valence-electron chi connectivity index (χ2n) is 14.5. The first kappa shape index (κ1) is 30.7. The van der Waals surface area contributed by atoms with Crippen molar-refractivity contribution in [2.75, 3.05) is 0 Å². The largest absolute Gasteiger partial charge is 0.278 e. The molecule has 2 aliphatic rings. The van der Waals surface area contributed by atoms with E-state index in [1.54, 1.807) is 0 Å². The number of fused-ring (bicyclic) bond motifs is 14. The number of hydrogen-bond acceptors (Lipinski definition) is 3. The Labute approximate surface area is 322 Å². The molecule has 10 aromatic rings. The van der Waals surface area contributed by atoms with Gasteiger partial charge in [-0.2, -0.15) is 0 Å². The molecule has 1 aliphatic carbocycles. The van der Waals surface area contributed by atoms with E-state index in [9.17, 15) is 0 Å². The zero-order valence-electron chi connectivity index (χ0n) is 29.6. The van der Waals surface area contributed by atoms with E-state index in [1.165, 1.54) is 64.7 Å². The van der Waals surface area contributed by atoms with Gasteiger partial charge in [-0.3, -0.25) is 4.57 Å². The Kier molecular flexibility index (Phi) is 6.48. The standard InChI is InChI=1S/C51H31N3S/c1-3-16-33(17-4-1)43-30-44(34-18-5-2-6-19-34)53-50(52-43)54-45-28-27-32-15-7-8-20-35(32)49(45)38-29-42-48(31-46(38)54)55-47-26-14-13-25-41(47)51(42)39-23-11-9-21-36(39)37-22-10-12-24-40(37)51/h1-31H. The Hall–Kier alpha value is -6.75. The van der Waals surface area contributed by atoms with Gasteiger partial charge in [-0.25, -0.2) is 9.97 Å². The van der Waals surface area contributed by atoms with Crippen LogP contribution in [-0.2, 0) is 5.41 Å². The average molecular weight is 718 g/mol. The van der Waals surface area contributed by atoms with Crippen LogP contribution in [0.25, 0.3) is 72.2 Å². The second kappa shape index (κ2) is 11.6. The van der Waals surface area contributed by atoms with Gasteiger partial charge in [0.2, 0.25) is 5.95 Å². The fraction of sp³-hybridized carbons (Fsp3) is 0.0196. The first-order valence-electron chi connectivity index (χ1n) is 18.7. The summed E-state index contributed by atoms with van der Waals surface area (Å²) in [5.74, 6) is 0.655. The number of benzene rings is 8. The summed E-state index contributed by atoms with van der Waals surface area (Å²) in [6.45, 7) is 0. The number of hydrogen-bond donors (Lipinski definition) is 0. The molecule has 0 saturated carbocycles. The summed E-state index contributed by atoms with van der Waals surface area (Å²) in [7, 11) is 0. The zero-order valence-corrected chi connectivity index (χ0v) is 30.5. The minimum absolute atomic E-state index is 0.470. The molecule has 0 bridgehead atoms. The molecule has 0 radical (unpaired) electrons. The first-order valence-corrected chi connectivity index (χ1v) is 19.6. The Morgan fingerprint density at radius 1 is 0.418 bits per heavy atom. The van der Waals surface area contributed by atoms with Gasteiger partial charge in [-0.15, -0.1) is 0 Å². The van der Waals surface area contributed by atoms with Crippen LogP contribution in [0.5, 0.6) is 0 Å². The fourth-order valence-electron chi connectivity index (χ4n) is 9.40. The van der Waals surface area contributed by atoms with Crippen molar-refractivity contribution in [2.24, 2.45) is 0 Å². The topological polar surface area (TPSA) is 30.7 Å². The molecule has 0 fully saturated rings. The quantitative estimate of drug-likeness (QED) is 0.182. The molecule has 3 nitrogen and oxygen atoms in total. The highest BCUT2D eigenvalue weighted by Gasteiger charge is 2.50. The molecule has 4 heteroatoms. The molecule has 8 aromatic carbocycles. The predicted molar refractivity (Wildman–Crippen MR) is 226 cm³/mol. The van der Waals surface area contributed by atoms with Gasteiger partial charge in [0.1, 0.15) is 0 Å². The molecule has 2 aromatic heterocycles. The number of aromatic nitrogens is 3. The Bertz CT molecular complexity index is 3080. The highest BCUT2D eigenvalue weighted by Crippen LogP contribution is 2.62. The molecule has 1 aliphatic heterocycles. The minimum Gasteiger partial charge on any atom is -0.278 e. The summed E-state index contributed by atoms with van der Waals surface area (Å²) in [6, 6.07) is 68.3. The van der Waals surface area contributed by atoms with Gasteiger partial charge in [-0.1, -0.05) is 169 Å². The molecule has 0 amide bonds. The van der Waals surface area contributed by atoms with Crippen molar-refractivity contribution >= 4 is 44.3 Å². The Balaban J connectivity index is 1.23. The van der Waals surface area contributed by atoms with Crippen molar-refractivity contribution in [3.8, 4) is 39.6 Å². The van der Waals surface area contributed by atoms with Crippen LogP contribution in [0.15, 0.2) is 198 Å². The van der Waals surface area contributed by atoms with E-state index in [2.05, 4.69) is 193 Å². The molecule has 3 heterocycles. The first-order chi connectivity index (χ1) is 27.3. The van der Waals surface area contributed by atoms with E-state index in [1.807, 2.05) is 11.8 Å². The van der Waals surface area contributed by atoms with Crippen LogP contribution in [0, 0.1) is 0 Å². The van der Waals surface area contributed by atoms with Crippen LogP contribution in [0.4, 0.5) is 0 Å². The van der Waals surface area contributed by atoms with E-state index in [0.29, 0.717) is 5.95 Å². The van der Waals surface area contributed by atoms with Gasteiger partial charge in [0.25, 0.3) is 0 Å². The Morgan fingerprint density at radius 3 is 1.69 bits per heavy atom. The molecule has 256 valence electrons. The van der Waals surface area contributed by atoms with E-state index < -0.39 is 5.41 Å². The van der Waals surface area contributed by atoms with Crippen LogP contribution < -0.4 is 0 Å². The van der Waals surface area contributed by atoms with Gasteiger partial charge in [0.05, 0.1) is 27.8 Å². The van der Waals surface area contributed by atoms with Gasteiger partial charge in [0, 0.05) is 31.7 Å². The monoisotopic (exact) mass is 717 g/mol. The summed E-state index contributed by atoms with van der Waals surface area (Å²) in [5, 5.41) is 4.84. The van der Waals surface area contributed by atoms with E-state index in [0.717, 1.165) is 33.5 Å². The molecule has 0 unspecified atom stereocenters. The second-order valence-corrected chi connectivity index (χ2v) is 15.6. The highest BCUT2D eigenvalue weighted by molar-refractivity contribution is 7.99. The molecule has 0 N–H and O–H groups in total. The zero-order chi connectivity index (χ0) is 36.1. The third kappa shape index (κ3) is 4.29. The summed E-state index contributed by atoms with van der Waals surface area (Å²) < 4.78 is 2.31. The molecular formula is C51H31N3S. The van der Waals surface area contributed by atoms with Crippen molar-refractivity contribution in [3.05, 3.63) is 210 Å². The van der Waals surface area contributed by atoms with Gasteiger partial charge >= 0.3 is 0 Å². The van der Waals surface area contributed by atoms with Crippen LogP contribution in [0.2, 0.25) is 0 Å². The third-order valence-electron chi connectivity index (χ3n) is 11.7. The van der Waals surface area contributed by atoms with Crippen molar-refractivity contribution in [1.82, 2.24) is 14.5 Å². The summed E-state index contributed by atoms with van der Waals surface area (Å²) in [5.41, 5.74) is 13.5. The Morgan fingerprint density at radius 2 is 1.00 bits per heavy atom. The van der Waals surface area contributed by atoms with Crippen molar-refractivity contribution in [1.29, 1.82) is 0 Å². The predicted octanol–water partition coefficient (Wildman–Crippen LogP) is 12.9. The molecular weight excluding hydrogens is 687 g/mol. The average Bonchev–Trinajstić information content (AvgIpc) is 3.74. The van der Waals surface area contributed by atoms with Crippen molar-refractivity contribution in [2.45, 2.75) is 15.2 Å². The van der Waals surface area contributed by atoms with Gasteiger partial charge in [-0.05, 0) is 74.5 Å². The van der Waals surface area contributed by atoms with Gasteiger partial charge in [0.15, 0.2) is 0 Å². The number of nitrogens with zero attached hydrogens (tertiary/aromatic N) is 3. The maximum Gasteiger partial charge on any atom is 0.235 e. The third-order valence-corrected chi connectivity index (χ3v) is 12.8. The minimum atomic E-state index is -0.470. The highest BCUT2D eigenvalue weighted by atomic mass is 32.2. The maximum absolute atomic E-state index is 5.38. The molecule has 1 spiro atoms. The van der Waals surface area contributed by atoms with Crippen LogP contribution in [0.3, 0.4) is 0 Å². The van der Waals surface area contributed by atoms with Crippen LogP contribution in [-0.4, -0.2) is 14.5 Å². The van der Waals surface area contributed by atoms with Gasteiger partial charge < -0.3 is 0 Å². The normalized spacial score (nSPS) is 13.5. The van der Waals surface area contributed by atoms with Crippen molar-refractivity contribution < 1.29 is 0 Å². The molecule has 55 heavy (non-hydrogen) atoms. The lowest BCUT2D eigenvalue weighted by Gasteiger charge is -2.39. The lowest BCUT2D eigenvalue weighted by molar-refractivity contribution is 0.724. The SMILES string of the molecule is c1ccc(-c2cc(-c3ccccc3)nc(-n3c4cc5c(cc4c4c6ccccc6ccc43)C3(c4ccccc4S5)c4ccccc4-c4ccccc43)n2)cc1. The summed E-state index contributed by atoms with van der Waals surface area (Å²) in [6.07, 6.45) is 0. The molecule has 0 atom stereocenters. The lowest BCUT2D eigenvalue weighted by Crippen LogP contribution is -2.32. The summed E-state index contributed by atoms with van der Waals surface area (Å²) in [4.78, 5) is 13.3.